The first-order valence-corrected chi connectivity index (χ1v) is 8.27. The van der Waals surface area contributed by atoms with Crippen molar-refractivity contribution >= 4 is 5.91 Å². The van der Waals surface area contributed by atoms with Crippen LogP contribution in [0.4, 0.5) is 0 Å². The topological polar surface area (TPSA) is 45.5 Å². The second-order valence-corrected chi connectivity index (χ2v) is 6.67. The summed E-state index contributed by atoms with van der Waals surface area (Å²) < 4.78 is 5.48. The van der Waals surface area contributed by atoms with Gasteiger partial charge in [0.25, 0.3) is 0 Å². The molecule has 4 heteroatoms. The predicted octanol–water partition coefficient (Wildman–Crippen LogP) is 3.08. The Morgan fingerprint density at radius 3 is 2.81 bits per heavy atom. The lowest BCUT2D eigenvalue weighted by molar-refractivity contribution is -0.142. The normalized spacial score (nSPS) is 26.9. The van der Waals surface area contributed by atoms with Gasteiger partial charge in [0, 0.05) is 6.04 Å². The fourth-order valence-electron chi connectivity index (χ4n) is 3.71. The van der Waals surface area contributed by atoms with E-state index in [0.29, 0.717) is 12.6 Å². The third-order valence-corrected chi connectivity index (χ3v) is 5.02. The molecule has 1 unspecified atom stereocenters. The summed E-state index contributed by atoms with van der Waals surface area (Å²) >= 11 is 0. The SMILES string of the molecule is CC1(C(=O)N(Cc2ccco2)C2CCCC2)CCCCN1. The van der Waals surface area contributed by atoms with Crippen LogP contribution < -0.4 is 5.32 Å². The number of rotatable bonds is 4. The van der Waals surface area contributed by atoms with Gasteiger partial charge in [0.2, 0.25) is 5.91 Å². The quantitative estimate of drug-likeness (QED) is 0.927. The molecule has 4 nitrogen and oxygen atoms in total. The van der Waals surface area contributed by atoms with E-state index < -0.39 is 5.54 Å². The fourth-order valence-corrected chi connectivity index (χ4v) is 3.71. The molecule has 0 radical (unpaired) electrons. The summed E-state index contributed by atoms with van der Waals surface area (Å²) in [5.74, 6) is 1.14. The molecule has 21 heavy (non-hydrogen) atoms. The zero-order valence-electron chi connectivity index (χ0n) is 12.9. The highest BCUT2D eigenvalue weighted by atomic mass is 16.3. The maximum absolute atomic E-state index is 13.2. The van der Waals surface area contributed by atoms with Crippen LogP contribution in [0, 0.1) is 0 Å². The Balaban J connectivity index is 1.78. The Morgan fingerprint density at radius 2 is 2.19 bits per heavy atom. The summed E-state index contributed by atoms with van der Waals surface area (Å²) in [4.78, 5) is 15.2. The van der Waals surface area contributed by atoms with Crippen LogP contribution in [-0.4, -0.2) is 28.9 Å². The van der Waals surface area contributed by atoms with Crippen LogP contribution in [0.2, 0.25) is 0 Å². The van der Waals surface area contributed by atoms with Gasteiger partial charge in [-0.05, 0) is 57.7 Å². The zero-order chi connectivity index (χ0) is 14.7. The van der Waals surface area contributed by atoms with E-state index in [4.69, 9.17) is 4.42 Å². The number of nitrogens with one attached hydrogen (secondary N) is 1. The third kappa shape index (κ3) is 3.15. The van der Waals surface area contributed by atoms with Gasteiger partial charge >= 0.3 is 0 Å². The van der Waals surface area contributed by atoms with Gasteiger partial charge in [-0.25, -0.2) is 0 Å². The summed E-state index contributed by atoms with van der Waals surface area (Å²) in [7, 11) is 0. The highest BCUT2D eigenvalue weighted by molar-refractivity contribution is 5.86. The first-order valence-electron chi connectivity index (χ1n) is 8.27. The molecule has 2 fully saturated rings. The fraction of sp³-hybridized carbons (Fsp3) is 0.706. The van der Waals surface area contributed by atoms with Crippen molar-refractivity contribution in [1.82, 2.24) is 10.2 Å². The molecule has 1 saturated carbocycles. The van der Waals surface area contributed by atoms with Gasteiger partial charge in [0.15, 0.2) is 0 Å². The van der Waals surface area contributed by atoms with Crippen molar-refractivity contribution in [2.45, 2.75) is 70.0 Å². The minimum atomic E-state index is -0.395. The van der Waals surface area contributed by atoms with Crippen LogP contribution in [0.3, 0.4) is 0 Å². The number of hydrogen-bond donors (Lipinski definition) is 1. The summed E-state index contributed by atoms with van der Waals surface area (Å²) in [6.07, 6.45) is 9.65. The van der Waals surface area contributed by atoms with Crippen molar-refractivity contribution in [2.75, 3.05) is 6.54 Å². The van der Waals surface area contributed by atoms with Crippen LogP contribution in [0.15, 0.2) is 22.8 Å². The third-order valence-electron chi connectivity index (χ3n) is 5.02. The maximum atomic E-state index is 13.2. The Labute approximate surface area is 126 Å². The maximum Gasteiger partial charge on any atom is 0.243 e. The number of hydrogen-bond acceptors (Lipinski definition) is 3. The molecule has 1 atom stereocenters. The van der Waals surface area contributed by atoms with Gasteiger partial charge in [0.05, 0.1) is 18.3 Å². The lowest BCUT2D eigenvalue weighted by Gasteiger charge is -2.40. The second-order valence-electron chi connectivity index (χ2n) is 6.67. The smallest absolute Gasteiger partial charge is 0.243 e. The second kappa shape index (κ2) is 6.22. The number of carbonyl (C=O) groups excluding carboxylic acids is 1. The molecule has 0 aromatic carbocycles. The summed E-state index contributed by atoms with van der Waals surface area (Å²) in [5.41, 5.74) is -0.395. The van der Waals surface area contributed by atoms with Crippen molar-refractivity contribution in [1.29, 1.82) is 0 Å². The lowest BCUT2D eigenvalue weighted by Crippen LogP contribution is -2.59. The Bertz CT molecular complexity index is 457. The van der Waals surface area contributed by atoms with E-state index in [-0.39, 0.29) is 5.91 Å². The van der Waals surface area contributed by atoms with E-state index in [9.17, 15) is 4.79 Å². The molecule has 0 bridgehead atoms. The summed E-state index contributed by atoms with van der Waals surface area (Å²) in [6.45, 7) is 3.62. The molecule has 1 N–H and O–H groups in total. The Kier molecular flexibility index (Phi) is 4.34. The molecule has 2 aliphatic rings. The van der Waals surface area contributed by atoms with Gasteiger partial charge < -0.3 is 14.6 Å². The van der Waals surface area contributed by atoms with E-state index in [1.807, 2.05) is 12.1 Å². The van der Waals surface area contributed by atoms with Crippen molar-refractivity contribution in [3.8, 4) is 0 Å². The zero-order valence-corrected chi connectivity index (χ0v) is 12.9. The summed E-state index contributed by atoms with van der Waals surface area (Å²) in [5, 5.41) is 3.46. The van der Waals surface area contributed by atoms with Crippen LogP contribution in [0.25, 0.3) is 0 Å². The molecule has 3 rings (SSSR count). The number of amides is 1. The molecular weight excluding hydrogens is 264 g/mol. The molecule has 1 aromatic heterocycles. The van der Waals surface area contributed by atoms with E-state index in [1.165, 1.54) is 19.3 Å². The van der Waals surface area contributed by atoms with Crippen LogP contribution in [0.1, 0.15) is 57.6 Å². The molecule has 1 aromatic rings. The minimum Gasteiger partial charge on any atom is -0.467 e. The molecule has 2 heterocycles. The standard InChI is InChI=1S/C17H26N2O2/c1-17(10-4-5-11-18-17)16(20)19(14-7-2-3-8-14)13-15-9-6-12-21-15/h6,9,12,14,18H,2-5,7-8,10-11,13H2,1H3. The number of nitrogens with zero attached hydrogens (tertiary/aromatic N) is 1. The number of furan rings is 1. The average Bonchev–Trinajstić information content (AvgIpc) is 3.18. The van der Waals surface area contributed by atoms with E-state index in [1.54, 1.807) is 6.26 Å². The van der Waals surface area contributed by atoms with Crippen LogP contribution >= 0.6 is 0 Å². The molecule has 0 spiro atoms. The van der Waals surface area contributed by atoms with Gasteiger partial charge in [-0.15, -0.1) is 0 Å². The molecule has 1 aliphatic carbocycles. The monoisotopic (exact) mass is 290 g/mol. The van der Waals surface area contributed by atoms with Crippen molar-refractivity contribution in [3.63, 3.8) is 0 Å². The lowest BCUT2D eigenvalue weighted by atomic mass is 9.89. The number of piperidine rings is 1. The highest BCUT2D eigenvalue weighted by Crippen LogP contribution is 2.29. The van der Waals surface area contributed by atoms with Crippen LogP contribution in [0.5, 0.6) is 0 Å². The van der Waals surface area contributed by atoms with Gasteiger partial charge in [-0.1, -0.05) is 12.8 Å². The Hall–Kier alpha value is -1.29. The molecule has 1 saturated heterocycles. The van der Waals surface area contributed by atoms with Gasteiger partial charge in [-0.3, -0.25) is 4.79 Å². The predicted molar refractivity (Wildman–Crippen MR) is 81.8 cm³/mol. The number of carbonyl (C=O) groups is 1. The molecule has 116 valence electrons. The highest BCUT2D eigenvalue weighted by Gasteiger charge is 2.40. The van der Waals surface area contributed by atoms with Crippen molar-refractivity contribution in [2.24, 2.45) is 0 Å². The van der Waals surface area contributed by atoms with Crippen molar-refractivity contribution < 1.29 is 9.21 Å². The first kappa shape index (κ1) is 14.6. The van der Waals surface area contributed by atoms with E-state index in [0.717, 1.165) is 38.0 Å². The molecular formula is C17H26N2O2. The van der Waals surface area contributed by atoms with E-state index >= 15 is 0 Å². The van der Waals surface area contributed by atoms with E-state index in [2.05, 4.69) is 17.1 Å². The van der Waals surface area contributed by atoms with Gasteiger partial charge in [-0.2, -0.15) is 0 Å². The molecule has 1 amide bonds. The summed E-state index contributed by atoms with van der Waals surface area (Å²) in [6, 6.07) is 4.24. The average molecular weight is 290 g/mol. The first-order chi connectivity index (χ1) is 10.2. The van der Waals surface area contributed by atoms with Crippen LogP contribution in [-0.2, 0) is 11.3 Å². The van der Waals surface area contributed by atoms with Gasteiger partial charge in [0.1, 0.15) is 5.76 Å². The molecule has 1 aliphatic heterocycles. The van der Waals surface area contributed by atoms with Crippen molar-refractivity contribution in [3.05, 3.63) is 24.2 Å². The Morgan fingerprint density at radius 1 is 1.38 bits per heavy atom. The largest absolute Gasteiger partial charge is 0.467 e. The minimum absolute atomic E-state index is 0.255.